The summed E-state index contributed by atoms with van der Waals surface area (Å²) in [6, 6.07) is 4.31. The van der Waals surface area contributed by atoms with Crippen LogP contribution >= 0.6 is 22.9 Å². The van der Waals surface area contributed by atoms with Gasteiger partial charge in [0, 0.05) is 25.4 Å². The molecule has 0 unspecified atom stereocenters. The van der Waals surface area contributed by atoms with Crippen LogP contribution < -0.4 is 5.32 Å². The molecule has 1 N–H and O–H groups in total. The van der Waals surface area contributed by atoms with Crippen molar-refractivity contribution >= 4 is 45.7 Å². The largest absolute Gasteiger partial charge is 0.339 e. The average Bonchev–Trinajstić information content (AvgIpc) is 3.42. The minimum atomic E-state index is -0.733. The highest BCUT2D eigenvalue weighted by Crippen LogP contribution is 2.40. The minimum Gasteiger partial charge on any atom is -0.339 e. The van der Waals surface area contributed by atoms with Crippen molar-refractivity contribution in [3.63, 3.8) is 0 Å². The van der Waals surface area contributed by atoms with E-state index in [0.29, 0.717) is 29.0 Å². The second-order valence-corrected chi connectivity index (χ2v) is 9.60. The number of hydrogen-bond acceptors (Lipinski definition) is 5. The van der Waals surface area contributed by atoms with Crippen LogP contribution in [-0.4, -0.2) is 40.1 Å². The van der Waals surface area contributed by atoms with Crippen molar-refractivity contribution in [3.8, 4) is 0 Å². The summed E-state index contributed by atoms with van der Waals surface area (Å²) in [6.07, 6.45) is 3.84. The Morgan fingerprint density at radius 2 is 2.10 bits per heavy atom. The predicted octanol–water partition coefficient (Wildman–Crippen LogP) is 3.94. The van der Waals surface area contributed by atoms with E-state index >= 15 is 0 Å². The number of aromatic nitrogens is 1. The molecule has 1 aromatic heterocycles. The zero-order valence-electron chi connectivity index (χ0n) is 16.0. The van der Waals surface area contributed by atoms with Gasteiger partial charge in [-0.25, -0.2) is 9.37 Å². The second-order valence-electron chi connectivity index (χ2n) is 8.20. The Hall–Kier alpha value is -2.32. The predicted molar refractivity (Wildman–Crippen MR) is 110 cm³/mol. The fourth-order valence-electron chi connectivity index (χ4n) is 4.86. The Balaban J connectivity index is 1.33. The van der Waals surface area contributed by atoms with Gasteiger partial charge in [0.05, 0.1) is 27.1 Å². The van der Waals surface area contributed by atoms with Crippen LogP contribution in [0.15, 0.2) is 18.2 Å². The lowest BCUT2D eigenvalue weighted by atomic mass is 9.88. The molecular weight excluding hydrogens is 429 g/mol. The normalized spacial score (nSPS) is 24.8. The number of anilines is 1. The quantitative estimate of drug-likeness (QED) is 0.772. The van der Waals surface area contributed by atoms with E-state index in [1.165, 1.54) is 18.6 Å². The van der Waals surface area contributed by atoms with Gasteiger partial charge in [-0.1, -0.05) is 29.0 Å². The molecule has 1 aromatic carbocycles. The van der Waals surface area contributed by atoms with E-state index < -0.39 is 17.6 Å². The third kappa shape index (κ3) is 3.32. The molecule has 2 heterocycles. The van der Waals surface area contributed by atoms with Crippen LogP contribution in [0.4, 0.5) is 9.52 Å². The Labute approximate surface area is 181 Å². The summed E-state index contributed by atoms with van der Waals surface area (Å²) in [6.45, 7) is 0.794. The number of ketones is 1. The molecule has 5 rings (SSSR count). The van der Waals surface area contributed by atoms with Gasteiger partial charge in [-0.15, -0.1) is 0 Å². The molecule has 2 aromatic rings. The van der Waals surface area contributed by atoms with E-state index in [1.54, 1.807) is 0 Å². The molecule has 1 saturated carbocycles. The summed E-state index contributed by atoms with van der Waals surface area (Å²) in [7, 11) is 0. The van der Waals surface area contributed by atoms with Crippen LogP contribution in [0.3, 0.4) is 0 Å². The molecule has 3 aliphatic rings. The zero-order valence-corrected chi connectivity index (χ0v) is 17.6. The monoisotopic (exact) mass is 447 g/mol. The SMILES string of the molecule is O=C1C[C@@H](C(=O)N2C[C@H]3CC[C@H]2C3)Cc2nc(NC(=O)c3c(F)cccc3Cl)sc21. The van der Waals surface area contributed by atoms with E-state index in [0.717, 1.165) is 36.8 Å². The lowest BCUT2D eigenvalue weighted by Crippen LogP contribution is -2.43. The molecule has 6 nitrogen and oxygen atoms in total. The number of piperidine rings is 1. The average molecular weight is 448 g/mol. The first-order valence-corrected chi connectivity index (χ1v) is 11.2. The Bertz CT molecular complexity index is 1050. The van der Waals surface area contributed by atoms with Crippen molar-refractivity contribution in [3.05, 3.63) is 45.2 Å². The van der Waals surface area contributed by atoms with Gasteiger partial charge in [0.1, 0.15) is 5.82 Å². The number of carbonyl (C=O) groups excluding carboxylic acids is 3. The first-order valence-electron chi connectivity index (χ1n) is 9.99. The van der Waals surface area contributed by atoms with E-state index in [4.69, 9.17) is 11.6 Å². The van der Waals surface area contributed by atoms with Gasteiger partial charge in [-0.2, -0.15) is 0 Å². The van der Waals surface area contributed by atoms with Gasteiger partial charge in [-0.05, 0) is 37.3 Å². The van der Waals surface area contributed by atoms with Gasteiger partial charge in [0.25, 0.3) is 5.91 Å². The van der Waals surface area contributed by atoms with E-state index in [1.807, 2.05) is 4.90 Å². The number of halogens is 2. The molecule has 9 heteroatoms. The van der Waals surface area contributed by atoms with Crippen LogP contribution in [-0.2, 0) is 11.2 Å². The van der Waals surface area contributed by atoms with Gasteiger partial charge in [0.15, 0.2) is 10.9 Å². The third-order valence-electron chi connectivity index (χ3n) is 6.27. The first-order chi connectivity index (χ1) is 14.4. The smallest absolute Gasteiger partial charge is 0.261 e. The number of fused-ring (bicyclic) bond motifs is 3. The minimum absolute atomic E-state index is 0.00420. The maximum absolute atomic E-state index is 14.0. The molecule has 1 aliphatic heterocycles. The number of hydrogen-bond donors (Lipinski definition) is 1. The number of nitrogens with one attached hydrogen (secondary N) is 1. The number of rotatable bonds is 3. The summed E-state index contributed by atoms with van der Waals surface area (Å²) in [4.78, 5) is 44.9. The zero-order chi connectivity index (χ0) is 21.0. The van der Waals surface area contributed by atoms with Crippen LogP contribution in [0.1, 0.15) is 51.4 Å². The van der Waals surface area contributed by atoms with Crippen molar-refractivity contribution in [1.82, 2.24) is 9.88 Å². The Morgan fingerprint density at radius 3 is 2.80 bits per heavy atom. The highest BCUT2D eigenvalue weighted by Gasteiger charge is 2.44. The number of amides is 2. The Kier molecular flexibility index (Phi) is 4.86. The van der Waals surface area contributed by atoms with Gasteiger partial charge >= 0.3 is 0 Å². The summed E-state index contributed by atoms with van der Waals surface area (Å²) in [5, 5.41) is 2.73. The molecule has 3 atom stereocenters. The van der Waals surface area contributed by atoms with Crippen LogP contribution in [0, 0.1) is 17.7 Å². The van der Waals surface area contributed by atoms with Crippen LogP contribution in [0.5, 0.6) is 0 Å². The highest BCUT2D eigenvalue weighted by molar-refractivity contribution is 7.17. The standard InChI is InChI=1S/C21H19ClFN3O3S/c22-13-2-1-3-14(23)17(13)19(28)25-21-24-15-7-11(8-16(27)18(15)30-21)20(29)26-9-10-4-5-12(26)6-10/h1-3,10-12H,4-9H2,(H,24,25,28)/t10-,11-,12-/m0/s1. The second kappa shape index (κ2) is 7.42. The molecule has 1 saturated heterocycles. The lowest BCUT2D eigenvalue weighted by Gasteiger charge is -2.31. The summed E-state index contributed by atoms with van der Waals surface area (Å²) >= 11 is 7.00. The number of benzene rings is 1. The van der Waals surface area contributed by atoms with Crippen molar-refractivity contribution in [2.75, 3.05) is 11.9 Å². The number of thiazole rings is 1. The number of nitrogens with zero attached hydrogens (tertiary/aromatic N) is 2. The molecule has 2 bridgehead atoms. The van der Waals surface area contributed by atoms with E-state index in [-0.39, 0.29) is 33.8 Å². The van der Waals surface area contributed by atoms with Crippen molar-refractivity contribution in [2.45, 2.75) is 38.1 Å². The van der Waals surface area contributed by atoms with Crippen molar-refractivity contribution in [1.29, 1.82) is 0 Å². The fourth-order valence-corrected chi connectivity index (χ4v) is 6.05. The van der Waals surface area contributed by atoms with Gasteiger partial charge < -0.3 is 4.90 Å². The summed E-state index contributed by atoms with van der Waals surface area (Å²) in [5.41, 5.74) is 0.254. The third-order valence-corrected chi connectivity index (χ3v) is 7.64. The molecule has 156 valence electrons. The van der Waals surface area contributed by atoms with Crippen LogP contribution in [0.25, 0.3) is 0 Å². The first kappa shape index (κ1) is 19.6. The van der Waals surface area contributed by atoms with Gasteiger partial charge in [0.2, 0.25) is 5.91 Å². The molecule has 30 heavy (non-hydrogen) atoms. The molecule has 2 aliphatic carbocycles. The highest BCUT2D eigenvalue weighted by atomic mass is 35.5. The van der Waals surface area contributed by atoms with Gasteiger partial charge in [-0.3, -0.25) is 19.7 Å². The van der Waals surface area contributed by atoms with E-state index in [9.17, 15) is 18.8 Å². The number of likely N-dealkylation sites (tertiary alicyclic amines) is 1. The number of Topliss-reactive ketones (excluding diaryl/α,β-unsaturated/α-hetero) is 1. The van der Waals surface area contributed by atoms with Crippen LogP contribution in [0.2, 0.25) is 5.02 Å². The maximum atomic E-state index is 14.0. The topological polar surface area (TPSA) is 79.4 Å². The summed E-state index contributed by atoms with van der Waals surface area (Å²) < 4.78 is 14.0. The number of carbonyl (C=O) groups is 3. The molecule has 2 fully saturated rings. The van der Waals surface area contributed by atoms with E-state index in [2.05, 4.69) is 10.3 Å². The molecule has 0 spiro atoms. The fraction of sp³-hybridized carbons (Fsp3) is 0.429. The molecule has 2 amide bonds. The maximum Gasteiger partial charge on any atom is 0.261 e. The lowest BCUT2D eigenvalue weighted by molar-refractivity contribution is -0.137. The molecular formula is C21H19ClFN3O3S. The summed E-state index contributed by atoms with van der Waals surface area (Å²) in [5.74, 6) is -1.37. The van der Waals surface area contributed by atoms with Crippen molar-refractivity contribution < 1.29 is 18.8 Å². The van der Waals surface area contributed by atoms with Crippen molar-refractivity contribution in [2.24, 2.45) is 11.8 Å². The Morgan fingerprint density at radius 1 is 1.27 bits per heavy atom. The molecule has 0 radical (unpaired) electrons.